The maximum absolute atomic E-state index is 12.1. The second kappa shape index (κ2) is 7.70. The van der Waals surface area contributed by atoms with Crippen LogP contribution in [0.5, 0.6) is 0 Å². The number of nitrogens with one attached hydrogen (secondary N) is 1. The monoisotopic (exact) mass is 350 g/mol. The zero-order valence-electron chi connectivity index (χ0n) is 14.6. The van der Waals surface area contributed by atoms with Crippen LogP contribution in [-0.4, -0.2) is 30.8 Å². The second-order valence-electron chi connectivity index (χ2n) is 6.81. The minimum atomic E-state index is -0.0260. The first-order chi connectivity index (χ1) is 12.8. The maximum atomic E-state index is 12.1. The zero-order chi connectivity index (χ0) is 17.8. The molecule has 3 aromatic rings. The Kier molecular flexibility index (Phi) is 4.97. The van der Waals surface area contributed by atoms with E-state index in [1.54, 1.807) is 0 Å². The van der Waals surface area contributed by atoms with E-state index in [0.717, 1.165) is 25.4 Å². The van der Waals surface area contributed by atoms with E-state index in [2.05, 4.69) is 40.8 Å². The van der Waals surface area contributed by atoms with Crippen molar-refractivity contribution < 1.29 is 14.1 Å². The molecule has 26 heavy (non-hydrogen) atoms. The first-order valence-corrected chi connectivity index (χ1v) is 9.03. The third-order valence-corrected chi connectivity index (χ3v) is 4.81. The van der Waals surface area contributed by atoms with Crippen molar-refractivity contribution in [1.29, 1.82) is 0 Å². The SMILES string of the molecule is O=C(Cc1cc(Cc2cccc3ccccc23)on1)NCC1CCOC1. The van der Waals surface area contributed by atoms with Crippen molar-refractivity contribution >= 4 is 16.7 Å². The molecule has 1 aromatic heterocycles. The number of hydrogen-bond acceptors (Lipinski definition) is 4. The summed E-state index contributed by atoms with van der Waals surface area (Å²) < 4.78 is 10.8. The number of hydrogen-bond donors (Lipinski definition) is 1. The highest BCUT2D eigenvalue weighted by molar-refractivity contribution is 5.85. The van der Waals surface area contributed by atoms with Gasteiger partial charge in [-0.15, -0.1) is 0 Å². The van der Waals surface area contributed by atoms with Crippen molar-refractivity contribution in [3.05, 3.63) is 65.5 Å². The number of amides is 1. The summed E-state index contributed by atoms with van der Waals surface area (Å²) in [7, 11) is 0. The molecule has 1 saturated heterocycles. The average molecular weight is 350 g/mol. The topological polar surface area (TPSA) is 64.4 Å². The summed E-state index contributed by atoms with van der Waals surface area (Å²) in [4.78, 5) is 12.1. The predicted octanol–water partition coefficient (Wildman–Crippen LogP) is 3.11. The summed E-state index contributed by atoms with van der Waals surface area (Å²) in [6, 6.07) is 16.4. The number of rotatable bonds is 6. The van der Waals surface area contributed by atoms with E-state index in [4.69, 9.17) is 9.26 Å². The summed E-state index contributed by atoms with van der Waals surface area (Å²) in [5.74, 6) is 1.17. The molecular weight excluding hydrogens is 328 g/mol. The molecule has 2 aromatic carbocycles. The molecule has 5 heteroatoms. The fourth-order valence-corrected chi connectivity index (χ4v) is 3.39. The molecule has 0 spiro atoms. The van der Waals surface area contributed by atoms with Gasteiger partial charge < -0.3 is 14.6 Å². The molecule has 1 aliphatic rings. The number of carbonyl (C=O) groups is 1. The summed E-state index contributed by atoms with van der Waals surface area (Å²) in [6.07, 6.45) is 1.92. The normalized spacial score (nSPS) is 16.8. The molecule has 134 valence electrons. The highest BCUT2D eigenvalue weighted by atomic mass is 16.5. The van der Waals surface area contributed by atoms with Crippen molar-refractivity contribution in [2.75, 3.05) is 19.8 Å². The van der Waals surface area contributed by atoms with Crippen LogP contribution in [0, 0.1) is 5.92 Å². The summed E-state index contributed by atoms with van der Waals surface area (Å²) in [5.41, 5.74) is 1.86. The van der Waals surface area contributed by atoms with E-state index >= 15 is 0 Å². The summed E-state index contributed by atoms with van der Waals surface area (Å²) in [6.45, 7) is 2.19. The van der Waals surface area contributed by atoms with E-state index in [-0.39, 0.29) is 12.3 Å². The number of ether oxygens (including phenoxy) is 1. The molecular formula is C21H22N2O3. The number of aromatic nitrogens is 1. The van der Waals surface area contributed by atoms with Gasteiger partial charge in [0, 0.05) is 31.6 Å². The number of benzene rings is 2. The van der Waals surface area contributed by atoms with Gasteiger partial charge in [0.2, 0.25) is 5.91 Å². The van der Waals surface area contributed by atoms with Gasteiger partial charge >= 0.3 is 0 Å². The Balaban J connectivity index is 1.37. The maximum Gasteiger partial charge on any atom is 0.226 e. The third kappa shape index (κ3) is 3.94. The van der Waals surface area contributed by atoms with Crippen LogP contribution < -0.4 is 5.32 Å². The van der Waals surface area contributed by atoms with Gasteiger partial charge in [-0.2, -0.15) is 0 Å². The lowest BCUT2D eigenvalue weighted by atomic mass is 10.0. The van der Waals surface area contributed by atoms with Crippen LogP contribution in [0.15, 0.2) is 53.1 Å². The largest absolute Gasteiger partial charge is 0.381 e. The Morgan fingerprint density at radius 3 is 2.96 bits per heavy atom. The predicted molar refractivity (Wildman–Crippen MR) is 98.9 cm³/mol. The van der Waals surface area contributed by atoms with Crippen LogP contribution in [0.4, 0.5) is 0 Å². The van der Waals surface area contributed by atoms with Crippen LogP contribution in [-0.2, 0) is 22.4 Å². The molecule has 1 aliphatic heterocycles. The molecule has 4 rings (SSSR count). The standard InChI is InChI=1S/C21H22N2O3/c24-21(22-13-15-8-9-25-14-15)12-18-11-19(26-23-18)10-17-6-3-5-16-4-1-2-7-20(16)17/h1-7,11,15H,8-10,12-14H2,(H,22,24). The molecule has 5 nitrogen and oxygen atoms in total. The first kappa shape index (κ1) is 16.8. The van der Waals surface area contributed by atoms with Gasteiger partial charge in [0.05, 0.1) is 18.7 Å². The third-order valence-electron chi connectivity index (χ3n) is 4.81. The highest BCUT2D eigenvalue weighted by Gasteiger charge is 2.17. The van der Waals surface area contributed by atoms with Crippen molar-refractivity contribution in [3.8, 4) is 0 Å². The minimum Gasteiger partial charge on any atom is -0.381 e. The highest BCUT2D eigenvalue weighted by Crippen LogP contribution is 2.21. The van der Waals surface area contributed by atoms with Gasteiger partial charge in [-0.05, 0) is 22.8 Å². The smallest absolute Gasteiger partial charge is 0.226 e. The Labute approximate surface area is 152 Å². The van der Waals surface area contributed by atoms with Crippen LogP contribution in [0.2, 0.25) is 0 Å². The zero-order valence-corrected chi connectivity index (χ0v) is 14.6. The molecule has 1 fully saturated rings. The van der Waals surface area contributed by atoms with E-state index in [9.17, 15) is 4.79 Å². The van der Waals surface area contributed by atoms with Crippen molar-refractivity contribution in [2.24, 2.45) is 5.92 Å². The molecule has 1 N–H and O–H groups in total. The van der Waals surface area contributed by atoms with Crippen LogP contribution >= 0.6 is 0 Å². The molecule has 1 amide bonds. The Hall–Kier alpha value is -2.66. The van der Waals surface area contributed by atoms with Crippen molar-refractivity contribution in [1.82, 2.24) is 10.5 Å². The molecule has 1 unspecified atom stereocenters. The first-order valence-electron chi connectivity index (χ1n) is 9.03. The van der Waals surface area contributed by atoms with Crippen molar-refractivity contribution in [2.45, 2.75) is 19.3 Å². The lowest BCUT2D eigenvalue weighted by Gasteiger charge is -2.08. The Morgan fingerprint density at radius 2 is 2.08 bits per heavy atom. The Bertz CT molecular complexity index is 892. The van der Waals surface area contributed by atoms with Gasteiger partial charge in [0.25, 0.3) is 0 Å². The number of carbonyl (C=O) groups excluding carboxylic acids is 1. The van der Waals surface area contributed by atoms with E-state index in [0.29, 0.717) is 24.6 Å². The van der Waals surface area contributed by atoms with Gasteiger partial charge in [0.1, 0.15) is 5.76 Å². The lowest BCUT2D eigenvalue weighted by Crippen LogP contribution is -2.30. The number of nitrogens with zero attached hydrogens (tertiary/aromatic N) is 1. The minimum absolute atomic E-state index is 0.0260. The van der Waals surface area contributed by atoms with Gasteiger partial charge in [0.15, 0.2) is 0 Å². The van der Waals surface area contributed by atoms with Gasteiger partial charge in [-0.3, -0.25) is 4.79 Å². The quantitative estimate of drug-likeness (QED) is 0.742. The molecule has 0 saturated carbocycles. The van der Waals surface area contributed by atoms with E-state index in [1.807, 2.05) is 18.2 Å². The number of fused-ring (bicyclic) bond motifs is 1. The fraction of sp³-hybridized carbons (Fsp3) is 0.333. The molecule has 0 aliphatic carbocycles. The van der Waals surface area contributed by atoms with E-state index in [1.165, 1.54) is 16.3 Å². The van der Waals surface area contributed by atoms with Crippen molar-refractivity contribution in [3.63, 3.8) is 0 Å². The van der Waals surface area contributed by atoms with Crippen LogP contribution in [0.1, 0.15) is 23.4 Å². The summed E-state index contributed by atoms with van der Waals surface area (Å²) >= 11 is 0. The molecule has 0 bridgehead atoms. The van der Waals surface area contributed by atoms with Crippen LogP contribution in [0.3, 0.4) is 0 Å². The summed E-state index contributed by atoms with van der Waals surface area (Å²) in [5, 5.41) is 9.43. The second-order valence-corrected chi connectivity index (χ2v) is 6.81. The molecule has 1 atom stereocenters. The fourth-order valence-electron chi connectivity index (χ4n) is 3.39. The lowest BCUT2D eigenvalue weighted by molar-refractivity contribution is -0.120. The van der Waals surface area contributed by atoms with Gasteiger partial charge in [-0.25, -0.2) is 0 Å². The Morgan fingerprint density at radius 1 is 1.19 bits per heavy atom. The average Bonchev–Trinajstić information content (AvgIpc) is 3.32. The molecule has 0 radical (unpaired) electrons. The van der Waals surface area contributed by atoms with E-state index < -0.39 is 0 Å². The van der Waals surface area contributed by atoms with Crippen LogP contribution in [0.25, 0.3) is 10.8 Å². The van der Waals surface area contributed by atoms with Gasteiger partial charge in [-0.1, -0.05) is 47.6 Å². The molecule has 2 heterocycles.